The molecule has 0 aromatic heterocycles. The number of amides is 1. The van der Waals surface area contributed by atoms with Gasteiger partial charge in [0, 0.05) is 26.3 Å². The standard InChI is InChI=1S/C14H9BrClNO3/c15-7-1-3-11-9(5-7)14(20,13(19)17-11)10-6-8(16)2-4-12(10)18/h1-6,18,20H,(H,17,19)/t14-/m1/s1. The molecule has 0 spiro atoms. The summed E-state index contributed by atoms with van der Waals surface area (Å²) in [4.78, 5) is 12.2. The molecule has 0 bridgehead atoms. The summed E-state index contributed by atoms with van der Waals surface area (Å²) in [6.07, 6.45) is 0. The Balaban J connectivity index is 2.29. The lowest BCUT2D eigenvalue weighted by molar-refractivity contribution is -0.129. The molecule has 4 nitrogen and oxygen atoms in total. The van der Waals surface area contributed by atoms with Crippen LogP contribution in [0.15, 0.2) is 40.9 Å². The number of aromatic hydroxyl groups is 1. The average Bonchev–Trinajstić information content (AvgIpc) is 2.66. The Morgan fingerprint density at radius 3 is 2.65 bits per heavy atom. The molecule has 0 unspecified atom stereocenters. The van der Waals surface area contributed by atoms with E-state index in [0.717, 1.165) is 0 Å². The first-order valence-corrected chi connectivity index (χ1v) is 6.93. The summed E-state index contributed by atoms with van der Waals surface area (Å²) in [5.41, 5.74) is -1.04. The van der Waals surface area contributed by atoms with Crippen molar-refractivity contribution in [3.05, 3.63) is 57.0 Å². The van der Waals surface area contributed by atoms with Gasteiger partial charge in [-0.25, -0.2) is 0 Å². The number of nitrogens with one attached hydrogen (secondary N) is 1. The van der Waals surface area contributed by atoms with E-state index in [4.69, 9.17) is 11.6 Å². The lowest BCUT2D eigenvalue weighted by Crippen LogP contribution is -2.35. The quantitative estimate of drug-likeness (QED) is 0.737. The van der Waals surface area contributed by atoms with E-state index in [2.05, 4.69) is 21.2 Å². The topological polar surface area (TPSA) is 69.6 Å². The second kappa shape index (κ2) is 4.48. The zero-order valence-corrected chi connectivity index (χ0v) is 12.4. The van der Waals surface area contributed by atoms with Crippen LogP contribution in [0, 0.1) is 0 Å². The lowest BCUT2D eigenvalue weighted by Gasteiger charge is -2.22. The fourth-order valence-electron chi connectivity index (χ4n) is 2.33. The molecule has 6 heteroatoms. The Morgan fingerprint density at radius 2 is 1.90 bits per heavy atom. The van der Waals surface area contributed by atoms with Crippen LogP contribution in [0.25, 0.3) is 0 Å². The number of anilines is 1. The number of phenolic OH excluding ortho intramolecular Hbond substituents is 1. The van der Waals surface area contributed by atoms with Crippen molar-refractivity contribution in [1.82, 2.24) is 0 Å². The fourth-order valence-corrected chi connectivity index (χ4v) is 2.86. The van der Waals surface area contributed by atoms with Crippen LogP contribution in [0.2, 0.25) is 5.02 Å². The zero-order valence-electron chi connectivity index (χ0n) is 10.0. The van der Waals surface area contributed by atoms with E-state index in [1.54, 1.807) is 18.2 Å². The number of carbonyl (C=O) groups excluding carboxylic acids is 1. The van der Waals surface area contributed by atoms with Gasteiger partial charge in [0.2, 0.25) is 0 Å². The molecular weight excluding hydrogens is 346 g/mol. The molecule has 1 aliphatic rings. The molecule has 20 heavy (non-hydrogen) atoms. The minimum Gasteiger partial charge on any atom is -0.508 e. The number of carbonyl (C=O) groups is 1. The minimum atomic E-state index is -1.96. The van der Waals surface area contributed by atoms with Crippen molar-refractivity contribution in [2.75, 3.05) is 5.32 Å². The van der Waals surface area contributed by atoms with Gasteiger partial charge in [-0.1, -0.05) is 27.5 Å². The molecule has 1 heterocycles. The molecule has 0 saturated carbocycles. The van der Waals surface area contributed by atoms with E-state index in [0.29, 0.717) is 20.7 Å². The molecule has 1 aliphatic heterocycles. The number of hydrogen-bond donors (Lipinski definition) is 3. The Kier molecular flexibility index (Phi) is 3.01. The van der Waals surface area contributed by atoms with Crippen molar-refractivity contribution in [3.8, 4) is 5.75 Å². The van der Waals surface area contributed by atoms with Crippen LogP contribution in [-0.4, -0.2) is 16.1 Å². The smallest absolute Gasteiger partial charge is 0.266 e. The van der Waals surface area contributed by atoms with Gasteiger partial charge in [0.1, 0.15) is 5.75 Å². The molecular formula is C14H9BrClNO3. The SMILES string of the molecule is O=C1Nc2ccc(Br)cc2[C@@]1(O)c1cc(Cl)ccc1O. The van der Waals surface area contributed by atoms with Crippen LogP contribution in [0.3, 0.4) is 0 Å². The second-order valence-electron chi connectivity index (χ2n) is 4.52. The molecule has 3 N–H and O–H groups in total. The molecule has 102 valence electrons. The maximum Gasteiger partial charge on any atom is 0.266 e. The van der Waals surface area contributed by atoms with Gasteiger partial charge in [0.25, 0.3) is 5.91 Å². The number of phenols is 1. The number of hydrogen-bond acceptors (Lipinski definition) is 3. The molecule has 0 aliphatic carbocycles. The van der Waals surface area contributed by atoms with Crippen molar-refractivity contribution < 1.29 is 15.0 Å². The number of aliphatic hydroxyl groups is 1. The summed E-state index contributed by atoms with van der Waals surface area (Å²) in [6.45, 7) is 0. The van der Waals surface area contributed by atoms with Gasteiger partial charge in [-0.3, -0.25) is 4.79 Å². The highest BCUT2D eigenvalue weighted by Crippen LogP contribution is 2.45. The van der Waals surface area contributed by atoms with Gasteiger partial charge in [-0.2, -0.15) is 0 Å². The highest BCUT2D eigenvalue weighted by molar-refractivity contribution is 9.10. The van der Waals surface area contributed by atoms with Gasteiger partial charge >= 0.3 is 0 Å². The van der Waals surface area contributed by atoms with Crippen molar-refractivity contribution in [1.29, 1.82) is 0 Å². The number of rotatable bonds is 1. The molecule has 2 aromatic carbocycles. The third-order valence-electron chi connectivity index (χ3n) is 3.30. The van der Waals surface area contributed by atoms with Crippen LogP contribution < -0.4 is 5.32 Å². The summed E-state index contributed by atoms with van der Waals surface area (Å²) < 4.78 is 0.715. The van der Waals surface area contributed by atoms with E-state index in [-0.39, 0.29) is 11.3 Å². The van der Waals surface area contributed by atoms with Crippen molar-refractivity contribution in [2.45, 2.75) is 5.60 Å². The Hall–Kier alpha value is -1.56. The molecule has 1 amide bonds. The monoisotopic (exact) mass is 353 g/mol. The zero-order chi connectivity index (χ0) is 14.5. The van der Waals surface area contributed by atoms with Gasteiger partial charge in [0.15, 0.2) is 5.60 Å². The Bertz CT molecular complexity index is 734. The predicted molar refractivity (Wildman–Crippen MR) is 78.9 cm³/mol. The first kappa shape index (κ1) is 13.4. The molecule has 2 aromatic rings. The molecule has 3 rings (SSSR count). The highest BCUT2D eigenvalue weighted by Gasteiger charge is 2.48. The van der Waals surface area contributed by atoms with Crippen LogP contribution in [-0.2, 0) is 10.4 Å². The highest BCUT2D eigenvalue weighted by atomic mass is 79.9. The van der Waals surface area contributed by atoms with E-state index in [1.807, 2.05) is 0 Å². The number of halogens is 2. The summed E-state index contributed by atoms with van der Waals surface area (Å²) in [6, 6.07) is 9.27. The molecule has 0 saturated heterocycles. The first-order chi connectivity index (χ1) is 9.42. The third-order valence-corrected chi connectivity index (χ3v) is 4.02. The maximum absolute atomic E-state index is 12.2. The van der Waals surface area contributed by atoms with Crippen molar-refractivity contribution in [2.24, 2.45) is 0 Å². The van der Waals surface area contributed by atoms with Crippen LogP contribution in [0.1, 0.15) is 11.1 Å². The summed E-state index contributed by atoms with van der Waals surface area (Å²) in [5, 5.41) is 23.7. The van der Waals surface area contributed by atoms with Crippen LogP contribution >= 0.6 is 27.5 Å². The normalized spacial score (nSPS) is 20.6. The van der Waals surface area contributed by atoms with Crippen molar-refractivity contribution >= 4 is 39.1 Å². The maximum atomic E-state index is 12.2. The molecule has 0 radical (unpaired) electrons. The average molecular weight is 355 g/mol. The summed E-state index contributed by atoms with van der Waals surface area (Å²) in [7, 11) is 0. The summed E-state index contributed by atoms with van der Waals surface area (Å²) in [5.74, 6) is -0.817. The summed E-state index contributed by atoms with van der Waals surface area (Å²) >= 11 is 9.20. The van der Waals surface area contributed by atoms with Crippen molar-refractivity contribution in [3.63, 3.8) is 0 Å². The van der Waals surface area contributed by atoms with Gasteiger partial charge in [-0.05, 0) is 36.4 Å². The largest absolute Gasteiger partial charge is 0.508 e. The van der Waals surface area contributed by atoms with E-state index in [9.17, 15) is 15.0 Å². The van der Waals surface area contributed by atoms with E-state index >= 15 is 0 Å². The fraction of sp³-hybridized carbons (Fsp3) is 0.0714. The van der Waals surface area contributed by atoms with E-state index in [1.165, 1.54) is 18.2 Å². The van der Waals surface area contributed by atoms with Gasteiger partial charge < -0.3 is 15.5 Å². The molecule has 0 fully saturated rings. The second-order valence-corrected chi connectivity index (χ2v) is 5.87. The first-order valence-electron chi connectivity index (χ1n) is 5.76. The van der Waals surface area contributed by atoms with Gasteiger partial charge in [-0.15, -0.1) is 0 Å². The van der Waals surface area contributed by atoms with Gasteiger partial charge in [0.05, 0.1) is 0 Å². The predicted octanol–water partition coefficient (Wildman–Crippen LogP) is 3.00. The number of fused-ring (bicyclic) bond motifs is 1. The minimum absolute atomic E-state index is 0.0550. The lowest BCUT2D eigenvalue weighted by atomic mass is 9.87. The number of benzene rings is 2. The third kappa shape index (κ3) is 1.82. The Labute approximate surface area is 128 Å². The van der Waals surface area contributed by atoms with Crippen LogP contribution in [0.5, 0.6) is 5.75 Å². The Morgan fingerprint density at radius 1 is 1.15 bits per heavy atom. The van der Waals surface area contributed by atoms with Crippen LogP contribution in [0.4, 0.5) is 5.69 Å². The van der Waals surface area contributed by atoms with E-state index < -0.39 is 11.5 Å². The molecule has 1 atom stereocenters.